The predicted octanol–water partition coefficient (Wildman–Crippen LogP) is 1.31. The third-order valence-corrected chi connectivity index (χ3v) is 5.34. The van der Waals surface area contributed by atoms with E-state index < -0.39 is 11.2 Å². The van der Waals surface area contributed by atoms with Crippen molar-refractivity contribution >= 4 is 33.5 Å². The number of nitrogens with one attached hydrogen (secondary N) is 2. The number of benzene rings is 2. The molecule has 5 rings (SSSR count). The molecule has 0 atom stereocenters. The summed E-state index contributed by atoms with van der Waals surface area (Å²) >= 11 is 0. The molecule has 8 heteroatoms. The minimum absolute atomic E-state index is 0.0826. The highest BCUT2D eigenvalue weighted by Crippen LogP contribution is 2.34. The molecule has 0 spiro atoms. The first-order chi connectivity index (χ1) is 13.5. The largest absolute Gasteiger partial charge is 0.329 e. The molecule has 1 aliphatic rings. The number of anilines is 1. The van der Waals surface area contributed by atoms with Crippen LogP contribution in [0.1, 0.15) is 11.1 Å². The number of hydrogen-bond donors (Lipinski definition) is 2. The van der Waals surface area contributed by atoms with Gasteiger partial charge in [0.15, 0.2) is 11.2 Å². The van der Waals surface area contributed by atoms with Crippen LogP contribution >= 0.6 is 0 Å². The van der Waals surface area contributed by atoms with Crippen LogP contribution in [0.4, 0.5) is 5.69 Å². The highest BCUT2D eigenvalue weighted by Gasteiger charge is 2.18. The zero-order valence-electron chi connectivity index (χ0n) is 15.2. The Kier molecular flexibility index (Phi) is 3.48. The lowest BCUT2D eigenvalue weighted by molar-refractivity contribution is -0.116. The summed E-state index contributed by atoms with van der Waals surface area (Å²) in [5.41, 5.74) is 2.69. The molecule has 2 N–H and O–H groups in total. The quantitative estimate of drug-likeness (QED) is 0.564. The summed E-state index contributed by atoms with van der Waals surface area (Å²) in [6.45, 7) is -0.0826. The molecule has 0 aliphatic heterocycles. The topological polar surface area (TPSA) is 102 Å². The number of aromatic amines is 1. The molecule has 0 saturated carbocycles. The van der Waals surface area contributed by atoms with Crippen molar-refractivity contribution in [3.63, 3.8) is 0 Å². The van der Waals surface area contributed by atoms with Gasteiger partial charge in [0.2, 0.25) is 5.91 Å². The predicted molar refractivity (Wildman–Crippen MR) is 106 cm³/mol. The number of rotatable bonds is 3. The van der Waals surface area contributed by atoms with Crippen molar-refractivity contribution in [1.29, 1.82) is 0 Å². The Labute approximate surface area is 158 Å². The lowest BCUT2D eigenvalue weighted by atomic mass is 10.0. The van der Waals surface area contributed by atoms with E-state index in [2.05, 4.69) is 27.4 Å². The molecule has 1 amide bonds. The first kappa shape index (κ1) is 16.5. The normalized spacial score (nSPS) is 12.8. The number of carbonyl (C=O) groups is 1. The molecule has 2 aromatic carbocycles. The van der Waals surface area contributed by atoms with Gasteiger partial charge >= 0.3 is 5.69 Å². The van der Waals surface area contributed by atoms with Crippen molar-refractivity contribution in [1.82, 2.24) is 19.1 Å². The van der Waals surface area contributed by atoms with Crippen LogP contribution in [0.2, 0.25) is 0 Å². The van der Waals surface area contributed by atoms with Gasteiger partial charge in [-0.25, -0.2) is 9.78 Å². The van der Waals surface area contributed by atoms with Gasteiger partial charge in [0.25, 0.3) is 5.56 Å². The number of fused-ring (bicyclic) bond motifs is 1. The Morgan fingerprint density at radius 1 is 1.18 bits per heavy atom. The van der Waals surface area contributed by atoms with Crippen molar-refractivity contribution < 1.29 is 4.79 Å². The van der Waals surface area contributed by atoms with E-state index in [4.69, 9.17) is 0 Å². The van der Waals surface area contributed by atoms with Crippen LogP contribution in [0.15, 0.2) is 46.2 Å². The van der Waals surface area contributed by atoms with E-state index in [1.54, 1.807) is 0 Å². The molecule has 4 aromatic rings. The molecule has 0 bridgehead atoms. The summed E-state index contributed by atoms with van der Waals surface area (Å²) in [5.74, 6) is -0.272. The van der Waals surface area contributed by atoms with E-state index in [0.29, 0.717) is 0 Å². The second-order valence-corrected chi connectivity index (χ2v) is 7.02. The average Bonchev–Trinajstić information content (AvgIpc) is 3.28. The molecule has 0 saturated heterocycles. The summed E-state index contributed by atoms with van der Waals surface area (Å²) in [5, 5.41) is 5.19. The Morgan fingerprint density at radius 2 is 1.96 bits per heavy atom. The molecule has 140 valence electrons. The SMILES string of the molecule is Cn1c(=O)[nH]c(=O)c2c1ncn2CC(=O)Nc1ccc2c3c(cccc13)CC2. The monoisotopic (exact) mass is 375 g/mol. The lowest BCUT2D eigenvalue weighted by Crippen LogP contribution is -2.30. The number of carbonyl (C=O) groups excluding carboxylic acids is 1. The number of H-pyrrole nitrogens is 1. The van der Waals surface area contributed by atoms with Gasteiger partial charge in [0.1, 0.15) is 6.54 Å². The fourth-order valence-corrected chi connectivity index (χ4v) is 4.01. The fourth-order valence-electron chi connectivity index (χ4n) is 4.01. The number of aryl methyl sites for hydroxylation is 3. The first-order valence-electron chi connectivity index (χ1n) is 9.00. The van der Waals surface area contributed by atoms with E-state index in [0.717, 1.165) is 23.9 Å². The minimum Gasteiger partial charge on any atom is -0.324 e. The van der Waals surface area contributed by atoms with Gasteiger partial charge in [0.05, 0.1) is 6.33 Å². The summed E-state index contributed by atoms with van der Waals surface area (Å²) in [6, 6.07) is 10.1. The average molecular weight is 375 g/mol. The van der Waals surface area contributed by atoms with Crippen molar-refractivity contribution in [3.8, 4) is 0 Å². The maximum atomic E-state index is 12.7. The van der Waals surface area contributed by atoms with Crippen molar-refractivity contribution in [2.45, 2.75) is 19.4 Å². The molecular formula is C20H17N5O3. The molecule has 0 radical (unpaired) electrons. The van der Waals surface area contributed by atoms with Crippen LogP contribution in [-0.4, -0.2) is 25.0 Å². The Bertz CT molecular complexity index is 1380. The second-order valence-electron chi connectivity index (χ2n) is 7.02. The Morgan fingerprint density at radius 3 is 2.79 bits per heavy atom. The van der Waals surface area contributed by atoms with E-state index in [9.17, 15) is 14.4 Å². The van der Waals surface area contributed by atoms with Gasteiger partial charge in [0, 0.05) is 18.1 Å². The zero-order valence-corrected chi connectivity index (χ0v) is 15.2. The molecule has 1 aliphatic carbocycles. The molecular weight excluding hydrogens is 358 g/mol. The lowest BCUT2D eigenvalue weighted by Gasteiger charge is -2.11. The van der Waals surface area contributed by atoms with E-state index in [-0.39, 0.29) is 23.6 Å². The number of imidazole rings is 1. The second kappa shape index (κ2) is 5.91. The maximum absolute atomic E-state index is 12.7. The Balaban J connectivity index is 1.49. The van der Waals surface area contributed by atoms with Gasteiger partial charge in [-0.15, -0.1) is 0 Å². The minimum atomic E-state index is -0.561. The van der Waals surface area contributed by atoms with Gasteiger partial charge < -0.3 is 9.88 Å². The van der Waals surface area contributed by atoms with Crippen molar-refractivity contribution in [2.75, 3.05) is 5.32 Å². The van der Waals surface area contributed by atoms with Crippen LogP contribution < -0.4 is 16.6 Å². The van der Waals surface area contributed by atoms with Crippen LogP contribution in [0.25, 0.3) is 21.9 Å². The number of amides is 1. The highest BCUT2D eigenvalue weighted by molar-refractivity contribution is 6.05. The third kappa shape index (κ3) is 2.38. The number of nitrogens with zero attached hydrogens (tertiary/aromatic N) is 3. The van der Waals surface area contributed by atoms with Crippen molar-refractivity contribution in [2.24, 2.45) is 7.05 Å². The summed E-state index contributed by atoms with van der Waals surface area (Å²) < 4.78 is 2.69. The van der Waals surface area contributed by atoms with Crippen molar-refractivity contribution in [3.05, 3.63) is 68.6 Å². The highest BCUT2D eigenvalue weighted by atomic mass is 16.2. The maximum Gasteiger partial charge on any atom is 0.329 e. The number of hydrogen-bond acceptors (Lipinski definition) is 4. The van der Waals surface area contributed by atoms with E-state index in [1.165, 1.54) is 39.0 Å². The standard InChI is InChI=1S/C20H17N5O3/c1-24-18-17(19(27)23-20(24)28)25(10-21-18)9-15(26)22-14-8-7-12-6-5-11-3-2-4-13(14)16(11)12/h2-4,7-8,10H,5-6,9H2,1H3,(H,22,26)(H,23,27,28). The number of aromatic nitrogens is 4. The van der Waals surface area contributed by atoms with Gasteiger partial charge in [-0.3, -0.25) is 19.1 Å². The van der Waals surface area contributed by atoms with Gasteiger partial charge in [-0.1, -0.05) is 24.3 Å². The fraction of sp³-hybridized carbons (Fsp3) is 0.200. The summed E-state index contributed by atoms with van der Waals surface area (Å²) in [7, 11) is 1.52. The van der Waals surface area contributed by atoms with E-state index >= 15 is 0 Å². The molecule has 2 aromatic heterocycles. The van der Waals surface area contributed by atoms with E-state index in [1.807, 2.05) is 18.2 Å². The summed E-state index contributed by atoms with van der Waals surface area (Å²) in [6.07, 6.45) is 3.44. The third-order valence-electron chi connectivity index (χ3n) is 5.34. The van der Waals surface area contributed by atoms with Crippen LogP contribution in [0, 0.1) is 0 Å². The Hall–Kier alpha value is -3.68. The summed E-state index contributed by atoms with van der Waals surface area (Å²) in [4.78, 5) is 42.9. The van der Waals surface area contributed by atoms with Crippen LogP contribution in [0.5, 0.6) is 0 Å². The molecule has 2 heterocycles. The zero-order chi connectivity index (χ0) is 19.4. The molecule has 0 fully saturated rings. The molecule has 0 unspecified atom stereocenters. The molecule has 28 heavy (non-hydrogen) atoms. The van der Waals surface area contributed by atoms with Gasteiger partial charge in [-0.05, 0) is 35.4 Å². The first-order valence-corrected chi connectivity index (χ1v) is 9.00. The van der Waals surface area contributed by atoms with Crippen LogP contribution in [-0.2, 0) is 31.2 Å². The molecule has 8 nitrogen and oxygen atoms in total. The smallest absolute Gasteiger partial charge is 0.324 e. The van der Waals surface area contributed by atoms with Gasteiger partial charge in [-0.2, -0.15) is 0 Å². The van der Waals surface area contributed by atoms with Crippen LogP contribution in [0.3, 0.4) is 0 Å².